The third-order valence-electron chi connectivity index (χ3n) is 6.30. The summed E-state index contributed by atoms with van der Waals surface area (Å²) >= 11 is 0. The van der Waals surface area contributed by atoms with Gasteiger partial charge in [-0.1, -0.05) is 56.3 Å². The molecule has 2 heterocycles. The van der Waals surface area contributed by atoms with E-state index >= 15 is 0 Å². The first-order chi connectivity index (χ1) is 15.0. The summed E-state index contributed by atoms with van der Waals surface area (Å²) in [5.41, 5.74) is 3.35. The van der Waals surface area contributed by atoms with Gasteiger partial charge in [-0.15, -0.1) is 0 Å². The molecule has 1 aliphatic heterocycles. The predicted octanol–water partition coefficient (Wildman–Crippen LogP) is 5.18. The molecule has 0 aliphatic carbocycles. The molecule has 1 fully saturated rings. The average molecular weight is 419 g/mol. The molecule has 0 bridgehead atoms. The van der Waals surface area contributed by atoms with Crippen LogP contribution in [0.2, 0.25) is 0 Å². The van der Waals surface area contributed by atoms with Gasteiger partial charge < -0.3 is 14.8 Å². The van der Waals surface area contributed by atoms with E-state index < -0.39 is 0 Å². The van der Waals surface area contributed by atoms with Crippen LogP contribution in [0, 0.1) is 11.8 Å². The topological polar surface area (TPSA) is 50.2 Å². The Morgan fingerprint density at radius 3 is 2.61 bits per heavy atom. The number of anilines is 1. The van der Waals surface area contributed by atoms with E-state index in [2.05, 4.69) is 65.9 Å². The zero-order valence-corrected chi connectivity index (χ0v) is 18.9. The highest BCUT2D eigenvalue weighted by atomic mass is 16.2. The maximum atomic E-state index is 13.1. The molecule has 1 saturated heterocycles. The number of piperidine rings is 1. The van der Waals surface area contributed by atoms with Crippen LogP contribution in [0.15, 0.2) is 54.6 Å². The first-order valence-electron chi connectivity index (χ1n) is 11.6. The number of para-hydroxylation sites is 2. The highest BCUT2D eigenvalue weighted by Crippen LogP contribution is 2.28. The van der Waals surface area contributed by atoms with Gasteiger partial charge in [0.15, 0.2) is 0 Å². The fourth-order valence-corrected chi connectivity index (χ4v) is 4.44. The van der Waals surface area contributed by atoms with E-state index in [0.717, 1.165) is 55.9 Å². The zero-order valence-electron chi connectivity index (χ0n) is 18.9. The number of nitrogens with zero attached hydrogens (tertiary/aromatic N) is 3. The third-order valence-corrected chi connectivity index (χ3v) is 6.30. The van der Waals surface area contributed by atoms with Crippen molar-refractivity contribution in [1.82, 2.24) is 14.9 Å². The van der Waals surface area contributed by atoms with Crippen molar-refractivity contribution in [3.8, 4) is 0 Å². The second-order valence-electron chi connectivity index (χ2n) is 9.16. The standard InChI is InChI=1S/C26H34N4O/c1-19(2)15-17-30-24-14-8-7-13-23(24)28-26(30)29-16-9-12-22(18-29)25(31)27-20(3)21-10-5-4-6-11-21/h4-8,10-11,13-14,19-20,22H,9,12,15-18H2,1-3H3,(H,27,31). The molecule has 0 radical (unpaired) electrons. The molecule has 1 aromatic heterocycles. The fourth-order valence-electron chi connectivity index (χ4n) is 4.44. The van der Waals surface area contributed by atoms with Gasteiger partial charge >= 0.3 is 0 Å². The SMILES string of the molecule is CC(C)CCn1c(N2CCCC(C(=O)NC(C)c3ccccc3)C2)nc2ccccc21. The van der Waals surface area contributed by atoms with Crippen molar-refractivity contribution in [3.05, 3.63) is 60.2 Å². The van der Waals surface area contributed by atoms with Gasteiger partial charge in [-0.25, -0.2) is 4.98 Å². The summed E-state index contributed by atoms with van der Waals surface area (Å²) in [4.78, 5) is 20.4. The van der Waals surface area contributed by atoms with E-state index in [1.165, 1.54) is 5.52 Å². The van der Waals surface area contributed by atoms with Crippen LogP contribution in [0.4, 0.5) is 5.95 Å². The third kappa shape index (κ3) is 4.92. The number of nitrogens with one attached hydrogen (secondary N) is 1. The fraction of sp³-hybridized carbons (Fsp3) is 0.462. The monoisotopic (exact) mass is 418 g/mol. The quantitative estimate of drug-likeness (QED) is 0.575. The lowest BCUT2D eigenvalue weighted by Crippen LogP contribution is -2.44. The molecule has 164 valence electrons. The minimum Gasteiger partial charge on any atom is -0.349 e. The van der Waals surface area contributed by atoms with Crippen molar-refractivity contribution in [2.45, 2.75) is 52.6 Å². The normalized spacial score (nSPS) is 17.8. The molecule has 1 aliphatic rings. The van der Waals surface area contributed by atoms with Gasteiger partial charge in [-0.3, -0.25) is 4.79 Å². The van der Waals surface area contributed by atoms with E-state index in [-0.39, 0.29) is 17.9 Å². The van der Waals surface area contributed by atoms with Crippen molar-refractivity contribution in [2.24, 2.45) is 11.8 Å². The Morgan fingerprint density at radius 1 is 1.10 bits per heavy atom. The van der Waals surface area contributed by atoms with Crippen LogP contribution >= 0.6 is 0 Å². The first-order valence-corrected chi connectivity index (χ1v) is 11.6. The molecule has 1 amide bonds. The van der Waals surface area contributed by atoms with E-state index in [1.807, 2.05) is 24.3 Å². The number of aromatic nitrogens is 2. The molecule has 5 heteroatoms. The summed E-state index contributed by atoms with van der Waals surface area (Å²) < 4.78 is 2.35. The smallest absolute Gasteiger partial charge is 0.225 e. The van der Waals surface area contributed by atoms with Crippen molar-refractivity contribution in [2.75, 3.05) is 18.0 Å². The molecule has 2 aromatic carbocycles. The van der Waals surface area contributed by atoms with Crippen LogP contribution in [-0.4, -0.2) is 28.5 Å². The zero-order chi connectivity index (χ0) is 21.8. The molecule has 1 N–H and O–H groups in total. The minimum absolute atomic E-state index is 0.0136. The van der Waals surface area contributed by atoms with Crippen molar-refractivity contribution < 1.29 is 4.79 Å². The van der Waals surface area contributed by atoms with Gasteiger partial charge in [0.1, 0.15) is 0 Å². The number of benzene rings is 2. The summed E-state index contributed by atoms with van der Waals surface area (Å²) in [7, 11) is 0. The van der Waals surface area contributed by atoms with Crippen LogP contribution in [-0.2, 0) is 11.3 Å². The molecule has 0 saturated carbocycles. The van der Waals surface area contributed by atoms with Crippen LogP contribution in [0.1, 0.15) is 51.6 Å². The van der Waals surface area contributed by atoms with Crippen LogP contribution in [0.5, 0.6) is 0 Å². The summed E-state index contributed by atoms with van der Waals surface area (Å²) in [6.45, 7) is 9.19. The summed E-state index contributed by atoms with van der Waals surface area (Å²) in [5, 5.41) is 3.23. The van der Waals surface area contributed by atoms with Crippen LogP contribution in [0.25, 0.3) is 11.0 Å². The Balaban J connectivity index is 1.51. The molecular weight excluding hydrogens is 384 g/mol. The minimum atomic E-state index is -0.0155. The lowest BCUT2D eigenvalue weighted by molar-refractivity contribution is -0.125. The second-order valence-corrected chi connectivity index (χ2v) is 9.16. The number of fused-ring (bicyclic) bond motifs is 1. The Bertz CT molecular complexity index is 1010. The van der Waals surface area contributed by atoms with Crippen molar-refractivity contribution in [3.63, 3.8) is 0 Å². The number of amides is 1. The largest absolute Gasteiger partial charge is 0.349 e. The molecule has 2 atom stereocenters. The lowest BCUT2D eigenvalue weighted by atomic mass is 9.96. The highest BCUT2D eigenvalue weighted by Gasteiger charge is 2.29. The van der Waals surface area contributed by atoms with Gasteiger partial charge in [0.2, 0.25) is 11.9 Å². The van der Waals surface area contributed by atoms with Gasteiger partial charge in [-0.2, -0.15) is 0 Å². The van der Waals surface area contributed by atoms with Gasteiger partial charge in [0.25, 0.3) is 0 Å². The van der Waals surface area contributed by atoms with Gasteiger partial charge in [0, 0.05) is 19.6 Å². The van der Waals surface area contributed by atoms with E-state index in [4.69, 9.17) is 4.98 Å². The van der Waals surface area contributed by atoms with E-state index in [1.54, 1.807) is 0 Å². The Morgan fingerprint density at radius 2 is 1.84 bits per heavy atom. The van der Waals surface area contributed by atoms with Gasteiger partial charge in [-0.05, 0) is 49.8 Å². The maximum absolute atomic E-state index is 13.1. The predicted molar refractivity (Wildman–Crippen MR) is 127 cm³/mol. The Labute approximate surface area is 185 Å². The van der Waals surface area contributed by atoms with Crippen molar-refractivity contribution in [1.29, 1.82) is 0 Å². The number of hydrogen-bond acceptors (Lipinski definition) is 3. The number of carbonyl (C=O) groups excluding carboxylic acids is 1. The summed E-state index contributed by atoms with van der Waals surface area (Å²) in [6, 6.07) is 18.5. The number of carbonyl (C=O) groups is 1. The number of rotatable bonds is 7. The lowest BCUT2D eigenvalue weighted by Gasteiger charge is -2.33. The van der Waals surface area contributed by atoms with E-state index in [0.29, 0.717) is 5.92 Å². The summed E-state index contributed by atoms with van der Waals surface area (Å²) in [5.74, 6) is 1.77. The maximum Gasteiger partial charge on any atom is 0.225 e. The van der Waals surface area contributed by atoms with Crippen molar-refractivity contribution >= 4 is 22.9 Å². The molecule has 5 nitrogen and oxygen atoms in total. The number of aryl methyl sites for hydroxylation is 1. The second kappa shape index (κ2) is 9.54. The van der Waals surface area contributed by atoms with Gasteiger partial charge in [0.05, 0.1) is 23.0 Å². The molecule has 3 aromatic rings. The molecule has 0 spiro atoms. The highest BCUT2D eigenvalue weighted by molar-refractivity contribution is 5.81. The number of hydrogen-bond donors (Lipinski definition) is 1. The Hall–Kier alpha value is -2.82. The molecular formula is C26H34N4O. The average Bonchev–Trinajstić information content (AvgIpc) is 3.17. The molecule has 2 unspecified atom stereocenters. The first kappa shape index (κ1) is 21.4. The van der Waals surface area contributed by atoms with Crippen LogP contribution < -0.4 is 10.2 Å². The van der Waals surface area contributed by atoms with E-state index in [9.17, 15) is 4.79 Å². The molecule has 31 heavy (non-hydrogen) atoms. The van der Waals surface area contributed by atoms with Crippen LogP contribution in [0.3, 0.4) is 0 Å². The summed E-state index contributed by atoms with van der Waals surface area (Å²) in [6.07, 6.45) is 3.04. The molecule has 4 rings (SSSR count). The Kier molecular flexibility index (Phi) is 6.59. The number of imidazole rings is 1.